The molecule has 1 aliphatic heterocycles. The molecule has 1 saturated heterocycles. The average molecular weight is 264 g/mol. The molecule has 0 amide bonds. The highest BCUT2D eigenvalue weighted by atomic mass is 35.5. The molecule has 0 aromatic carbocycles. The van der Waals surface area contributed by atoms with E-state index in [1.807, 2.05) is 0 Å². The summed E-state index contributed by atoms with van der Waals surface area (Å²) < 4.78 is 25.4. The van der Waals surface area contributed by atoms with Crippen molar-refractivity contribution in [1.29, 1.82) is 0 Å². The molecule has 0 saturated carbocycles. The molecule has 0 bridgehead atoms. The van der Waals surface area contributed by atoms with Crippen LogP contribution < -0.4 is 5.73 Å². The predicted molar refractivity (Wildman–Crippen MR) is 62.8 cm³/mol. The Bertz CT molecular complexity index is 437. The van der Waals surface area contributed by atoms with Gasteiger partial charge in [0.2, 0.25) is 10.0 Å². The largest absolute Gasteiger partial charge is 0.326 e. The van der Waals surface area contributed by atoms with Crippen molar-refractivity contribution in [2.75, 3.05) is 13.1 Å². The van der Waals surface area contributed by atoms with Crippen molar-refractivity contribution in [2.24, 2.45) is 5.73 Å². The summed E-state index contributed by atoms with van der Waals surface area (Å²) in [6.07, 6.45) is 3.63. The van der Waals surface area contributed by atoms with Gasteiger partial charge in [0.25, 0.3) is 0 Å². The molecule has 0 aliphatic carbocycles. The Labute approximate surface area is 101 Å². The van der Waals surface area contributed by atoms with Gasteiger partial charge in [0.1, 0.15) is 4.90 Å². The van der Waals surface area contributed by atoms with Gasteiger partial charge < -0.3 is 5.73 Å². The molecule has 2 heterocycles. The number of nitrogens with zero attached hydrogens (tertiary/aromatic N) is 2. The lowest BCUT2D eigenvalue weighted by Crippen LogP contribution is -2.31. The molecule has 1 aliphatic rings. The molecule has 0 spiro atoms. The van der Waals surface area contributed by atoms with Crippen LogP contribution in [0.3, 0.4) is 0 Å². The van der Waals surface area contributed by atoms with Crippen molar-refractivity contribution in [1.82, 2.24) is 9.29 Å². The number of halogens is 1. The number of rotatable bonds is 2. The molecule has 2 N–H and O–H groups in total. The summed E-state index contributed by atoms with van der Waals surface area (Å²) >= 11 is 0. The van der Waals surface area contributed by atoms with Crippen LogP contribution in [0.15, 0.2) is 29.4 Å². The average Bonchev–Trinajstić information content (AvgIpc) is 2.67. The third-order valence-corrected chi connectivity index (χ3v) is 4.31. The molecule has 1 aromatic rings. The van der Waals surface area contributed by atoms with Crippen molar-refractivity contribution in [2.45, 2.75) is 17.4 Å². The zero-order chi connectivity index (χ0) is 10.9. The van der Waals surface area contributed by atoms with Crippen LogP contribution in [0.2, 0.25) is 0 Å². The van der Waals surface area contributed by atoms with Gasteiger partial charge in [-0.1, -0.05) is 0 Å². The zero-order valence-electron chi connectivity index (χ0n) is 8.61. The van der Waals surface area contributed by atoms with E-state index in [-0.39, 0.29) is 23.3 Å². The van der Waals surface area contributed by atoms with E-state index in [9.17, 15) is 8.42 Å². The summed E-state index contributed by atoms with van der Waals surface area (Å²) in [7, 11) is -3.38. The van der Waals surface area contributed by atoms with Gasteiger partial charge in [-0.3, -0.25) is 4.98 Å². The molecule has 0 radical (unpaired) electrons. The normalized spacial score (nSPS) is 21.7. The second-order valence-electron chi connectivity index (χ2n) is 3.60. The number of hydrogen-bond acceptors (Lipinski definition) is 4. The molecule has 1 aromatic heterocycles. The van der Waals surface area contributed by atoms with Gasteiger partial charge in [0.05, 0.1) is 0 Å². The third-order valence-electron chi connectivity index (χ3n) is 2.46. The fourth-order valence-corrected chi connectivity index (χ4v) is 3.10. The van der Waals surface area contributed by atoms with Crippen LogP contribution in [0.5, 0.6) is 0 Å². The first-order valence-corrected chi connectivity index (χ1v) is 6.20. The smallest absolute Gasteiger partial charge is 0.244 e. The molecule has 1 fully saturated rings. The summed E-state index contributed by atoms with van der Waals surface area (Å²) in [4.78, 5) is 4.04. The zero-order valence-corrected chi connectivity index (χ0v) is 10.2. The minimum absolute atomic E-state index is 0. The van der Waals surface area contributed by atoms with Crippen molar-refractivity contribution in [3.05, 3.63) is 24.5 Å². The van der Waals surface area contributed by atoms with Crippen LogP contribution in [0.1, 0.15) is 6.42 Å². The van der Waals surface area contributed by atoms with E-state index in [1.54, 1.807) is 18.3 Å². The van der Waals surface area contributed by atoms with Crippen LogP contribution in [-0.4, -0.2) is 36.8 Å². The number of pyridine rings is 1. The first-order chi connectivity index (χ1) is 7.10. The number of hydrogen-bond donors (Lipinski definition) is 1. The van der Waals surface area contributed by atoms with Crippen LogP contribution in [0.4, 0.5) is 0 Å². The number of nitrogens with two attached hydrogens (primary N) is 1. The summed E-state index contributed by atoms with van der Waals surface area (Å²) in [5.74, 6) is 0. The number of sulfonamides is 1. The number of aromatic nitrogens is 1. The van der Waals surface area contributed by atoms with Crippen molar-refractivity contribution in [3.8, 4) is 0 Å². The van der Waals surface area contributed by atoms with Crippen LogP contribution in [0.25, 0.3) is 0 Å². The summed E-state index contributed by atoms with van der Waals surface area (Å²) in [6, 6.07) is 3.12. The minimum Gasteiger partial charge on any atom is -0.326 e. The van der Waals surface area contributed by atoms with Crippen LogP contribution in [0, 0.1) is 0 Å². The van der Waals surface area contributed by atoms with Gasteiger partial charge in [-0.2, -0.15) is 4.31 Å². The maximum absolute atomic E-state index is 12.0. The minimum atomic E-state index is -3.38. The Kier molecular flexibility index (Phi) is 4.26. The third kappa shape index (κ3) is 2.52. The SMILES string of the molecule is Cl.N[C@H]1CCN(S(=O)(=O)c2cccnc2)C1. The van der Waals surface area contributed by atoms with Crippen molar-refractivity contribution >= 4 is 22.4 Å². The van der Waals surface area contributed by atoms with E-state index < -0.39 is 10.0 Å². The highest BCUT2D eigenvalue weighted by Crippen LogP contribution is 2.19. The second kappa shape index (κ2) is 5.09. The lowest BCUT2D eigenvalue weighted by Gasteiger charge is -2.15. The molecular formula is C9H14ClN3O2S. The van der Waals surface area contributed by atoms with Gasteiger partial charge in [-0.25, -0.2) is 8.42 Å². The molecule has 1 atom stereocenters. The van der Waals surface area contributed by atoms with E-state index in [0.29, 0.717) is 13.1 Å². The van der Waals surface area contributed by atoms with Crippen molar-refractivity contribution < 1.29 is 8.42 Å². The monoisotopic (exact) mass is 263 g/mol. The maximum Gasteiger partial charge on any atom is 0.244 e. The van der Waals surface area contributed by atoms with Gasteiger partial charge >= 0.3 is 0 Å². The fourth-order valence-electron chi connectivity index (χ4n) is 1.62. The van der Waals surface area contributed by atoms with E-state index in [0.717, 1.165) is 6.42 Å². The molecule has 16 heavy (non-hydrogen) atoms. The Balaban J connectivity index is 0.00000128. The van der Waals surface area contributed by atoms with Crippen molar-refractivity contribution in [3.63, 3.8) is 0 Å². The molecule has 90 valence electrons. The van der Waals surface area contributed by atoms with E-state index in [4.69, 9.17) is 5.73 Å². The standard InChI is InChI=1S/C9H13N3O2S.ClH/c10-8-3-5-12(7-8)15(13,14)9-2-1-4-11-6-9;/h1-2,4,6,8H,3,5,7,10H2;1H/t8-;/m0./s1. The summed E-state index contributed by atoms with van der Waals surface area (Å²) in [5.41, 5.74) is 5.68. The van der Waals surface area contributed by atoms with Gasteiger partial charge in [0, 0.05) is 31.5 Å². The van der Waals surface area contributed by atoms with E-state index >= 15 is 0 Å². The molecule has 0 unspecified atom stereocenters. The molecule has 5 nitrogen and oxygen atoms in total. The van der Waals surface area contributed by atoms with Gasteiger partial charge in [-0.15, -0.1) is 12.4 Å². The molecular weight excluding hydrogens is 250 g/mol. The Morgan fingerprint density at radius 2 is 2.25 bits per heavy atom. The first-order valence-electron chi connectivity index (χ1n) is 4.76. The van der Waals surface area contributed by atoms with Gasteiger partial charge in [0.15, 0.2) is 0 Å². The van der Waals surface area contributed by atoms with Gasteiger partial charge in [-0.05, 0) is 18.6 Å². The lowest BCUT2D eigenvalue weighted by molar-refractivity contribution is 0.472. The summed E-state index contributed by atoms with van der Waals surface area (Å²) in [5, 5.41) is 0. The fraction of sp³-hybridized carbons (Fsp3) is 0.444. The quantitative estimate of drug-likeness (QED) is 0.829. The Morgan fingerprint density at radius 3 is 2.75 bits per heavy atom. The highest BCUT2D eigenvalue weighted by Gasteiger charge is 2.30. The topological polar surface area (TPSA) is 76.3 Å². The van der Waals surface area contributed by atoms with E-state index in [1.165, 1.54) is 10.5 Å². The molecule has 7 heteroatoms. The Morgan fingerprint density at radius 1 is 1.50 bits per heavy atom. The van der Waals surface area contributed by atoms with E-state index in [2.05, 4.69) is 4.98 Å². The summed E-state index contributed by atoms with van der Waals surface area (Å²) in [6.45, 7) is 0.898. The molecule has 2 rings (SSSR count). The lowest BCUT2D eigenvalue weighted by atomic mass is 10.3. The first kappa shape index (κ1) is 13.4. The van der Waals surface area contributed by atoms with Crippen LogP contribution in [-0.2, 0) is 10.0 Å². The Hall–Kier alpha value is -0.690. The predicted octanol–water partition coefficient (Wildman–Crippen LogP) is 0.225. The maximum atomic E-state index is 12.0. The second-order valence-corrected chi connectivity index (χ2v) is 5.54. The van der Waals surface area contributed by atoms with Crippen LogP contribution >= 0.6 is 12.4 Å². The highest BCUT2D eigenvalue weighted by molar-refractivity contribution is 7.89.